The number of nitrogens with zero attached hydrogens (tertiary/aromatic N) is 1. The monoisotopic (exact) mass is 557 g/mol. The van der Waals surface area contributed by atoms with Gasteiger partial charge >= 0.3 is 12.7 Å². The number of halogens is 2. The number of benzene rings is 2. The quantitative estimate of drug-likeness (QED) is 0.287. The molecule has 1 saturated carbocycles. The molecule has 40 heavy (non-hydrogen) atoms. The summed E-state index contributed by atoms with van der Waals surface area (Å²) in [4.78, 5) is 30.1. The minimum absolute atomic E-state index is 0.0390. The highest BCUT2D eigenvalue weighted by Gasteiger charge is 2.28. The van der Waals surface area contributed by atoms with Crippen molar-refractivity contribution in [1.29, 1.82) is 0 Å². The first-order valence-electron chi connectivity index (χ1n) is 13.0. The lowest BCUT2D eigenvalue weighted by Gasteiger charge is -2.21. The number of oxazole rings is 1. The van der Waals surface area contributed by atoms with Crippen LogP contribution >= 0.6 is 0 Å². The van der Waals surface area contributed by atoms with Gasteiger partial charge in [-0.25, -0.2) is 9.78 Å². The molecule has 0 spiro atoms. The Bertz CT molecular complexity index is 1320. The van der Waals surface area contributed by atoms with Gasteiger partial charge in [-0.2, -0.15) is 8.78 Å². The fourth-order valence-electron chi connectivity index (χ4n) is 3.76. The molecule has 1 atom stereocenters. The van der Waals surface area contributed by atoms with Gasteiger partial charge in [-0.05, 0) is 70.2 Å². The smallest absolute Gasteiger partial charge is 0.408 e. The van der Waals surface area contributed by atoms with E-state index < -0.39 is 30.3 Å². The first-order valence-corrected chi connectivity index (χ1v) is 13.0. The van der Waals surface area contributed by atoms with Crippen LogP contribution in [-0.2, 0) is 11.3 Å². The van der Waals surface area contributed by atoms with Gasteiger partial charge in [0.1, 0.15) is 5.60 Å². The zero-order valence-corrected chi connectivity index (χ0v) is 22.8. The van der Waals surface area contributed by atoms with E-state index in [2.05, 4.69) is 20.4 Å². The molecule has 0 aliphatic heterocycles. The van der Waals surface area contributed by atoms with Gasteiger partial charge in [-0.1, -0.05) is 30.3 Å². The lowest BCUT2D eigenvalue weighted by molar-refractivity contribution is -0.0515. The van der Waals surface area contributed by atoms with Gasteiger partial charge in [-0.15, -0.1) is 0 Å². The molecule has 3 aromatic rings. The summed E-state index contributed by atoms with van der Waals surface area (Å²) in [6, 6.07) is 12.8. The van der Waals surface area contributed by atoms with E-state index >= 15 is 0 Å². The molecule has 0 saturated heterocycles. The highest BCUT2D eigenvalue weighted by Crippen LogP contribution is 2.37. The standard InChI is InChI=1S/C29H33F2N3O6/c1-17(33-28(36)40-29(2,3)4)24-23(25(35)32-15-18-8-6-5-7-9-18)34-26(39-24)20-12-13-21(38-27(30)31)22(14-20)37-16-19-10-11-19/h5-9,12-14,17,19,27H,10-11,15-16H2,1-4H3,(H,32,35)(H,33,36). The van der Waals surface area contributed by atoms with E-state index in [4.69, 9.17) is 13.9 Å². The molecule has 2 aromatic carbocycles. The lowest BCUT2D eigenvalue weighted by Crippen LogP contribution is -2.34. The van der Waals surface area contributed by atoms with Crippen molar-refractivity contribution in [2.75, 3.05) is 6.61 Å². The summed E-state index contributed by atoms with van der Waals surface area (Å²) in [6.45, 7) is 4.41. The molecular formula is C29H33F2N3O6. The minimum atomic E-state index is -3.03. The summed E-state index contributed by atoms with van der Waals surface area (Å²) in [5.74, 6) is -0.0191. The molecule has 1 aromatic heterocycles. The van der Waals surface area contributed by atoms with Crippen molar-refractivity contribution in [1.82, 2.24) is 15.6 Å². The van der Waals surface area contributed by atoms with Crippen LogP contribution in [0.3, 0.4) is 0 Å². The van der Waals surface area contributed by atoms with E-state index in [1.54, 1.807) is 27.7 Å². The zero-order valence-electron chi connectivity index (χ0n) is 22.8. The largest absolute Gasteiger partial charge is 0.489 e. The molecule has 0 bridgehead atoms. The second-order valence-electron chi connectivity index (χ2n) is 10.6. The number of alkyl carbamates (subject to hydrolysis) is 1. The highest BCUT2D eigenvalue weighted by molar-refractivity contribution is 5.94. The molecule has 2 N–H and O–H groups in total. The Morgan fingerprint density at radius 2 is 1.82 bits per heavy atom. The minimum Gasteiger partial charge on any atom is -0.489 e. The van der Waals surface area contributed by atoms with Crippen LogP contribution in [-0.4, -0.2) is 35.8 Å². The summed E-state index contributed by atoms with van der Waals surface area (Å²) in [7, 11) is 0. The third-order valence-electron chi connectivity index (χ3n) is 5.87. The lowest BCUT2D eigenvalue weighted by atomic mass is 10.2. The molecular weight excluding hydrogens is 524 g/mol. The molecule has 1 unspecified atom stereocenters. The number of alkyl halides is 2. The molecule has 1 heterocycles. The van der Waals surface area contributed by atoms with Crippen molar-refractivity contribution in [3.63, 3.8) is 0 Å². The Balaban J connectivity index is 1.63. The topological polar surface area (TPSA) is 112 Å². The van der Waals surface area contributed by atoms with Crippen molar-refractivity contribution >= 4 is 12.0 Å². The van der Waals surface area contributed by atoms with Gasteiger partial charge in [0.15, 0.2) is 23.0 Å². The van der Waals surface area contributed by atoms with Gasteiger partial charge in [-0.3, -0.25) is 4.79 Å². The van der Waals surface area contributed by atoms with Gasteiger partial charge in [0.05, 0.1) is 12.6 Å². The number of amides is 2. The Morgan fingerprint density at radius 3 is 2.48 bits per heavy atom. The Morgan fingerprint density at radius 1 is 1.10 bits per heavy atom. The number of hydrogen-bond donors (Lipinski definition) is 2. The molecule has 4 rings (SSSR count). The third kappa shape index (κ3) is 8.17. The van der Waals surface area contributed by atoms with E-state index in [9.17, 15) is 18.4 Å². The fourth-order valence-corrected chi connectivity index (χ4v) is 3.76. The summed E-state index contributed by atoms with van der Waals surface area (Å²) >= 11 is 0. The number of aromatic nitrogens is 1. The van der Waals surface area contributed by atoms with E-state index in [0.717, 1.165) is 18.4 Å². The van der Waals surface area contributed by atoms with Crippen LogP contribution < -0.4 is 20.1 Å². The van der Waals surface area contributed by atoms with E-state index in [1.807, 2.05) is 30.3 Å². The van der Waals surface area contributed by atoms with Crippen LogP contribution in [0.15, 0.2) is 52.9 Å². The predicted molar refractivity (Wildman–Crippen MR) is 142 cm³/mol. The summed E-state index contributed by atoms with van der Waals surface area (Å²) in [5.41, 5.74) is 0.488. The highest BCUT2D eigenvalue weighted by atomic mass is 19.3. The molecule has 214 valence electrons. The maximum atomic E-state index is 13.2. The molecule has 9 nitrogen and oxygen atoms in total. The number of carbonyl (C=O) groups excluding carboxylic acids is 2. The molecule has 1 aliphatic carbocycles. The summed E-state index contributed by atoms with van der Waals surface area (Å²) in [5, 5.41) is 5.48. The fraction of sp³-hybridized carbons (Fsp3) is 0.414. The van der Waals surface area contributed by atoms with Crippen LogP contribution in [0.25, 0.3) is 11.5 Å². The number of nitrogens with one attached hydrogen (secondary N) is 2. The first kappa shape index (κ1) is 28.8. The Kier molecular flexibility index (Phi) is 8.91. The van der Waals surface area contributed by atoms with Crippen LogP contribution in [0.1, 0.15) is 68.4 Å². The van der Waals surface area contributed by atoms with Crippen LogP contribution in [0.2, 0.25) is 0 Å². The van der Waals surface area contributed by atoms with Gasteiger partial charge in [0.25, 0.3) is 5.91 Å². The second kappa shape index (κ2) is 12.4. The second-order valence-corrected chi connectivity index (χ2v) is 10.6. The van der Waals surface area contributed by atoms with E-state index in [0.29, 0.717) is 18.1 Å². The average Bonchev–Trinajstić information content (AvgIpc) is 3.61. The molecule has 0 radical (unpaired) electrons. The predicted octanol–water partition coefficient (Wildman–Crippen LogP) is 6.25. The van der Waals surface area contributed by atoms with Crippen molar-refractivity contribution in [3.8, 4) is 23.0 Å². The van der Waals surface area contributed by atoms with E-state index in [-0.39, 0.29) is 35.4 Å². The average molecular weight is 558 g/mol. The van der Waals surface area contributed by atoms with Crippen molar-refractivity contribution in [2.45, 2.75) is 65.3 Å². The van der Waals surface area contributed by atoms with Crippen molar-refractivity contribution in [3.05, 3.63) is 65.5 Å². The van der Waals surface area contributed by atoms with Gasteiger partial charge in [0, 0.05) is 12.1 Å². The number of carbonyl (C=O) groups is 2. The van der Waals surface area contributed by atoms with Crippen LogP contribution in [0, 0.1) is 5.92 Å². The van der Waals surface area contributed by atoms with Crippen LogP contribution in [0.4, 0.5) is 13.6 Å². The van der Waals surface area contributed by atoms with Crippen molar-refractivity contribution < 1.29 is 37.0 Å². The van der Waals surface area contributed by atoms with Gasteiger partial charge in [0.2, 0.25) is 5.89 Å². The summed E-state index contributed by atoms with van der Waals surface area (Å²) in [6.07, 6.45) is 1.33. The number of hydrogen-bond acceptors (Lipinski definition) is 7. The number of rotatable bonds is 11. The third-order valence-corrected chi connectivity index (χ3v) is 5.87. The van der Waals surface area contributed by atoms with Gasteiger partial charge < -0.3 is 29.3 Å². The zero-order chi connectivity index (χ0) is 28.9. The first-order chi connectivity index (χ1) is 19.0. The maximum Gasteiger partial charge on any atom is 0.408 e. The SMILES string of the molecule is CC(NC(=O)OC(C)(C)C)c1oc(-c2ccc(OC(F)F)c(OCC3CC3)c2)nc1C(=O)NCc1ccccc1. The van der Waals surface area contributed by atoms with Crippen molar-refractivity contribution in [2.24, 2.45) is 5.92 Å². The summed E-state index contributed by atoms with van der Waals surface area (Å²) < 4.78 is 47.7. The molecule has 2 amide bonds. The Labute approximate surface area is 231 Å². The van der Waals surface area contributed by atoms with E-state index in [1.165, 1.54) is 18.2 Å². The Hall–Kier alpha value is -4.15. The van der Waals surface area contributed by atoms with Crippen LogP contribution in [0.5, 0.6) is 11.5 Å². The molecule has 1 fully saturated rings. The molecule has 1 aliphatic rings. The maximum absolute atomic E-state index is 13.2. The molecule has 11 heteroatoms. The normalized spacial score (nSPS) is 14.0. The number of ether oxygens (including phenoxy) is 3.